The predicted molar refractivity (Wildman–Crippen MR) is 79.5 cm³/mol. The molecule has 1 heterocycles. The third-order valence-electron chi connectivity index (χ3n) is 3.61. The summed E-state index contributed by atoms with van der Waals surface area (Å²) in [5, 5.41) is 11.9. The summed E-state index contributed by atoms with van der Waals surface area (Å²) in [5.74, 6) is 0.920. The number of nitrogens with zero attached hydrogens (tertiary/aromatic N) is 3. The van der Waals surface area contributed by atoms with E-state index in [1.165, 1.54) is 24.6 Å². The van der Waals surface area contributed by atoms with Gasteiger partial charge < -0.3 is 15.6 Å². The van der Waals surface area contributed by atoms with E-state index in [-0.39, 0.29) is 11.2 Å². The summed E-state index contributed by atoms with van der Waals surface area (Å²) in [6, 6.07) is 0.356. The van der Waals surface area contributed by atoms with Crippen molar-refractivity contribution in [2.24, 2.45) is 5.73 Å². The Kier molecular flexibility index (Phi) is 5.42. The van der Waals surface area contributed by atoms with Crippen LogP contribution in [0.4, 0.5) is 0 Å². The van der Waals surface area contributed by atoms with E-state index in [4.69, 9.17) is 5.73 Å². The molecule has 3 N–H and O–H groups in total. The van der Waals surface area contributed by atoms with E-state index >= 15 is 0 Å². The molecule has 1 aliphatic carbocycles. The van der Waals surface area contributed by atoms with Gasteiger partial charge in [-0.3, -0.25) is 4.79 Å². The van der Waals surface area contributed by atoms with Crippen LogP contribution in [0.5, 0.6) is 0 Å². The lowest BCUT2D eigenvalue weighted by Gasteiger charge is -2.16. The second-order valence-corrected chi connectivity index (χ2v) is 6.53. The summed E-state index contributed by atoms with van der Waals surface area (Å²) in [6.07, 6.45) is 4.64. The van der Waals surface area contributed by atoms with Crippen molar-refractivity contribution in [1.29, 1.82) is 0 Å². The van der Waals surface area contributed by atoms with E-state index in [1.54, 1.807) is 0 Å². The number of carbonyl (C=O) groups is 1. The summed E-state index contributed by atoms with van der Waals surface area (Å²) in [5.41, 5.74) is 5.59. The Morgan fingerprint density at radius 3 is 2.85 bits per heavy atom. The van der Waals surface area contributed by atoms with Crippen LogP contribution in [-0.4, -0.2) is 38.5 Å². The van der Waals surface area contributed by atoms with E-state index in [0.717, 1.165) is 23.8 Å². The SMILES string of the molecule is Cc1nnc(SC(C)C(=O)NC2CCCC2)n1CCN. The van der Waals surface area contributed by atoms with Crippen molar-refractivity contribution < 1.29 is 4.79 Å². The van der Waals surface area contributed by atoms with Crippen molar-refractivity contribution in [2.45, 2.75) is 62.5 Å². The first-order chi connectivity index (χ1) is 9.61. The third kappa shape index (κ3) is 3.73. The first-order valence-electron chi connectivity index (χ1n) is 7.18. The number of thioether (sulfide) groups is 1. The van der Waals surface area contributed by atoms with E-state index in [1.807, 2.05) is 18.4 Å². The Balaban J connectivity index is 1.92. The number of rotatable bonds is 6. The van der Waals surface area contributed by atoms with E-state index in [2.05, 4.69) is 15.5 Å². The largest absolute Gasteiger partial charge is 0.352 e. The molecule has 2 rings (SSSR count). The molecule has 1 saturated carbocycles. The average molecular weight is 297 g/mol. The highest BCUT2D eigenvalue weighted by Gasteiger charge is 2.23. The van der Waals surface area contributed by atoms with Gasteiger partial charge in [0.25, 0.3) is 0 Å². The van der Waals surface area contributed by atoms with E-state index in [9.17, 15) is 4.79 Å². The Morgan fingerprint density at radius 2 is 2.20 bits per heavy atom. The fraction of sp³-hybridized carbons (Fsp3) is 0.769. The van der Waals surface area contributed by atoms with Crippen molar-refractivity contribution in [3.05, 3.63) is 5.82 Å². The van der Waals surface area contributed by atoms with Crippen LogP contribution >= 0.6 is 11.8 Å². The molecule has 112 valence electrons. The standard InChI is InChI=1S/C13H23N5OS/c1-9(12(19)15-11-5-3-4-6-11)20-13-17-16-10(2)18(13)8-7-14/h9,11H,3-8,14H2,1-2H3,(H,15,19). The number of nitrogens with two attached hydrogens (primary N) is 1. The zero-order chi connectivity index (χ0) is 14.5. The average Bonchev–Trinajstić information content (AvgIpc) is 3.03. The maximum Gasteiger partial charge on any atom is 0.233 e. The van der Waals surface area contributed by atoms with Gasteiger partial charge in [0.05, 0.1) is 5.25 Å². The van der Waals surface area contributed by atoms with Gasteiger partial charge in [0.1, 0.15) is 5.82 Å². The van der Waals surface area contributed by atoms with Gasteiger partial charge in [0.2, 0.25) is 5.91 Å². The molecule has 0 spiro atoms. The molecule has 20 heavy (non-hydrogen) atoms. The molecule has 7 heteroatoms. The summed E-state index contributed by atoms with van der Waals surface area (Å²) in [4.78, 5) is 12.2. The molecule has 0 aliphatic heterocycles. The van der Waals surface area contributed by atoms with Crippen LogP contribution in [0.1, 0.15) is 38.4 Å². The van der Waals surface area contributed by atoms with Gasteiger partial charge in [0, 0.05) is 19.1 Å². The molecule has 1 aromatic heterocycles. The zero-order valence-electron chi connectivity index (χ0n) is 12.1. The maximum atomic E-state index is 12.2. The van der Waals surface area contributed by atoms with Crippen molar-refractivity contribution >= 4 is 17.7 Å². The minimum Gasteiger partial charge on any atom is -0.352 e. The fourth-order valence-electron chi connectivity index (χ4n) is 2.44. The fourth-order valence-corrected chi connectivity index (χ4v) is 3.37. The number of aryl methyl sites for hydroxylation is 1. The summed E-state index contributed by atoms with van der Waals surface area (Å²) < 4.78 is 1.96. The van der Waals surface area contributed by atoms with Gasteiger partial charge in [-0.15, -0.1) is 10.2 Å². The number of amides is 1. The van der Waals surface area contributed by atoms with Crippen LogP contribution in [-0.2, 0) is 11.3 Å². The van der Waals surface area contributed by atoms with Gasteiger partial charge >= 0.3 is 0 Å². The number of aromatic nitrogens is 3. The lowest BCUT2D eigenvalue weighted by atomic mass is 10.2. The molecule has 0 saturated heterocycles. The topological polar surface area (TPSA) is 85.8 Å². The third-order valence-corrected chi connectivity index (χ3v) is 4.69. The summed E-state index contributed by atoms with van der Waals surface area (Å²) in [7, 11) is 0. The Labute approximate surface area is 123 Å². The normalized spacial score (nSPS) is 17.4. The van der Waals surface area contributed by atoms with Crippen LogP contribution in [0.15, 0.2) is 5.16 Å². The van der Waals surface area contributed by atoms with Crippen LogP contribution in [0.2, 0.25) is 0 Å². The predicted octanol–water partition coefficient (Wildman–Crippen LogP) is 1.08. The lowest BCUT2D eigenvalue weighted by Crippen LogP contribution is -2.37. The van der Waals surface area contributed by atoms with Gasteiger partial charge in [-0.05, 0) is 26.7 Å². The minimum absolute atomic E-state index is 0.0850. The number of carbonyl (C=O) groups excluding carboxylic acids is 1. The van der Waals surface area contributed by atoms with Crippen molar-refractivity contribution in [3.63, 3.8) is 0 Å². The number of hydrogen-bond donors (Lipinski definition) is 2. The second-order valence-electron chi connectivity index (χ2n) is 5.22. The van der Waals surface area contributed by atoms with E-state index in [0.29, 0.717) is 19.1 Å². The highest BCUT2D eigenvalue weighted by molar-refractivity contribution is 8.00. The first kappa shape index (κ1) is 15.3. The molecule has 0 aromatic carbocycles. The molecular weight excluding hydrogens is 274 g/mol. The molecule has 1 aliphatic rings. The first-order valence-corrected chi connectivity index (χ1v) is 8.06. The van der Waals surface area contributed by atoms with Crippen LogP contribution in [0.3, 0.4) is 0 Å². The molecule has 1 amide bonds. The highest BCUT2D eigenvalue weighted by atomic mass is 32.2. The quantitative estimate of drug-likeness (QED) is 0.768. The molecular formula is C13H23N5OS. The van der Waals surface area contributed by atoms with Gasteiger partial charge in [-0.2, -0.15) is 0 Å². The van der Waals surface area contributed by atoms with Gasteiger partial charge in [0.15, 0.2) is 5.16 Å². The summed E-state index contributed by atoms with van der Waals surface area (Å²) >= 11 is 1.44. The molecule has 1 fully saturated rings. The maximum absolute atomic E-state index is 12.2. The van der Waals surface area contributed by atoms with Crippen LogP contribution < -0.4 is 11.1 Å². The molecule has 0 bridgehead atoms. The lowest BCUT2D eigenvalue weighted by molar-refractivity contribution is -0.120. The zero-order valence-corrected chi connectivity index (χ0v) is 12.9. The van der Waals surface area contributed by atoms with Gasteiger partial charge in [-0.25, -0.2) is 0 Å². The van der Waals surface area contributed by atoms with Crippen LogP contribution in [0.25, 0.3) is 0 Å². The summed E-state index contributed by atoms with van der Waals surface area (Å²) in [6.45, 7) is 5.02. The Hall–Kier alpha value is -1.08. The second kappa shape index (κ2) is 7.08. The van der Waals surface area contributed by atoms with Crippen molar-refractivity contribution in [2.75, 3.05) is 6.54 Å². The highest BCUT2D eigenvalue weighted by Crippen LogP contribution is 2.23. The van der Waals surface area contributed by atoms with Crippen molar-refractivity contribution in [1.82, 2.24) is 20.1 Å². The molecule has 1 unspecified atom stereocenters. The number of hydrogen-bond acceptors (Lipinski definition) is 5. The molecule has 0 radical (unpaired) electrons. The van der Waals surface area contributed by atoms with Crippen molar-refractivity contribution in [3.8, 4) is 0 Å². The molecule has 1 atom stereocenters. The minimum atomic E-state index is -0.171. The smallest absolute Gasteiger partial charge is 0.233 e. The molecule has 1 aromatic rings. The Bertz CT molecular complexity index is 456. The van der Waals surface area contributed by atoms with E-state index < -0.39 is 0 Å². The molecule has 6 nitrogen and oxygen atoms in total. The van der Waals surface area contributed by atoms with Gasteiger partial charge in [-0.1, -0.05) is 24.6 Å². The monoisotopic (exact) mass is 297 g/mol. The Morgan fingerprint density at radius 1 is 1.50 bits per heavy atom. The number of nitrogens with one attached hydrogen (secondary N) is 1. The van der Waals surface area contributed by atoms with Crippen LogP contribution in [0, 0.1) is 6.92 Å².